The minimum Gasteiger partial charge on any atom is -0.481 e. The Morgan fingerprint density at radius 1 is 1.13 bits per heavy atom. The van der Waals surface area contributed by atoms with Crippen LogP contribution in [-0.2, 0) is 19.1 Å². The van der Waals surface area contributed by atoms with Gasteiger partial charge in [0.1, 0.15) is 6.10 Å². The summed E-state index contributed by atoms with van der Waals surface area (Å²) < 4.78 is 5.83. The first-order valence-electron chi connectivity index (χ1n) is 11.5. The summed E-state index contributed by atoms with van der Waals surface area (Å²) in [6, 6.07) is 0. The molecule has 0 aromatic rings. The van der Waals surface area contributed by atoms with Gasteiger partial charge in [0.15, 0.2) is 0 Å². The number of carboxylic acid groups (broad SMARTS) is 1. The number of carboxylic acids is 1. The number of nitrogens with zero attached hydrogens (tertiary/aromatic N) is 1. The molecule has 1 aliphatic rings. The number of ether oxygens (including phenoxy) is 1. The van der Waals surface area contributed by atoms with Crippen LogP contribution >= 0.6 is 11.8 Å². The van der Waals surface area contributed by atoms with Crippen molar-refractivity contribution >= 4 is 29.6 Å². The van der Waals surface area contributed by atoms with Crippen molar-refractivity contribution < 1.29 is 24.2 Å². The van der Waals surface area contributed by atoms with Gasteiger partial charge in [-0.15, -0.1) is 11.8 Å². The highest BCUT2D eigenvalue weighted by molar-refractivity contribution is 8.00. The second kappa shape index (κ2) is 13.9. The normalized spacial score (nSPS) is 17.9. The van der Waals surface area contributed by atoms with Gasteiger partial charge in [-0.3, -0.25) is 14.4 Å². The van der Waals surface area contributed by atoms with E-state index in [0.29, 0.717) is 12.2 Å². The molecule has 7 heteroatoms. The number of amides is 1. The molecule has 2 atom stereocenters. The van der Waals surface area contributed by atoms with Crippen LogP contribution in [0.1, 0.15) is 98.3 Å². The van der Waals surface area contributed by atoms with E-state index in [9.17, 15) is 14.4 Å². The van der Waals surface area contributed by atoms with Gasteiger partial charge in [0.2, 0.25) is 5.91 Å². The van der Waals surface area contributed by atoms with Crippen molar-refractivity contribution in [3.05, 3.63) is 0 Å². The Morgan fingerprint density at radius 3 is 2.47 bits per heavy atom. The second-order valence-corrected chi connectivity index (χ2v) is 10.4. The minimum atomic E-state index is -0.748. The van der Waals surface area contributed by atoms with Gasteiger partial charge in [-0.2, -0.15) is 0 Å². The number of hydrogen-bond acceptors (Lipinski definition) is 5. The van der Waals surface area contributed by atoms with E-state index < -0.39 is 11.4 Å². The van der Waals surface area contributed by atoms with Crippen molar-refractivity contribution in [2.24, 2.45) is 5.41 Å². The third-order valence-electron chi connectivity index (χ3n) is 5.36. The van der Waals surface area contributed by atoms with E-state index in [4.69, 9.17) is 9.84 Å². The van der Waals surface area contributed by atoms with Crippen LogP contribution in [0, 0.1) is 5.41 Å². The first-order valence-corrected chi connectivity index (χ1v) is 12.5. The summed E-state index contributed by atoms with van der Waals surface area (Å²) in [4.78, 5) is 37.2. The smallest absolute Gasteiger partial charge is 0.311 e. The van der Waals surface area contributed by atoms with Crippen LogP contribution in [0.15, 0.2) is 0 Å². The summed E-state index contributed by atoms with van der Waals surface area (Å²) >= 11 is 1.68. The maximum atomic E-state index is 12.4. The van der Waals surface area contributed by atoms with Gasteiger partial charge in [-0.05, 0) is 59.3 Å². The molecule has 2 unspecified atom stereocenters. The number of thioether (sulfide) groups is 1. The molecule has 0 bridgehead atoms. The summed E-state index contributed by atoms with van der Waals surface area (Å²) in [6.45, 7) is 8.52. The third kappa shape index (κ3) is 10.7. The summed E-state index contributed by atoms with van der Waals surface area (Å²) in [5, 5.41) is 8.85. The van der Waals surface area contributed by atoms with E-state index in [0.717, 1.165) is 64.3 Å². The van der Waals surface area contributed by atoms with Gasteiger partial charge < -0.3 is 14.7 Å². The second-order valence-electron chi connectivity index (χ2n) is 9.26. The summed E-state index contributed by atoms with van der Waals surface area (Å²) in [7, 11) is 0. The molecular weight excluding hydrogens is 402 g/mol. The lowest BCUT2D eigenvalue weighted by atomic mass is 9.97. The number of hydrogen-bond donors (Lipinski definition) is 1. The molecule has 1 fully saturated rings. The Morgan fingerprint density at radius 2 is 1.83 bits per heavy atom. The highest BCUT2D eigenvalue weighted by atomic mass is 32.2. The fourth-order valence-electron chi connectivity index (χ4n) is 3.46. The van der Waals surface area contributed by atoms with Crippen molar-refractivity contribution in [3.63, 3.8) is 0 Å². The lowest BCUT2D eigenvalue weighted by molar-refractivity contribution is -0.159. The monoisotopic (exact) mass is 443 g/mol. The molecule has 0 aromatic heterocycles. The van der Waals surface area contributed by atoms with E-state index in [1.165, 1.54) is 0 Å². The maximum absolute atomic E-state index is 12.4. The number of carbonyl (C=O) groups excluding carboxylic acids is 2. The van der Waals surface area contributed by atoms with Crippen molar-refractivity contribution in [2.75, 3.05) is 12.3 Å². The Bertz CT molecular complexity index is 546. The van der Waals surface area contributed by atoms with Gasteiger partial charge >= 0.3 is 11.9 Å². The molecule has 0 aromatic carbocycles. The first kappa shape index (κ1) is 26.8. The van der Waals surface area contributed by atoms with Crippen LogP contribution in [0.25, 0.3) is 0 Å². The number of esters is 1. The van der Waals surface area contributed by atoms with Crippen LogP contribution in [-0.4, -0.2) is 51.6 Å². The fraction of sp³-hybridized carbons (Fsp3) is 0.870. The molecule has 174 valence electrons. The molecule has 1 aliphatic heterocycles. The average molecular weight is 444 g/mol. The van der Waals surface area contributed by atoms with Crippen LogP contribution < -0.4 is 0 Å². The van der Waals surface area contributed by atoms with Gasteiger partial charge in [0, 0.05) is 13.0 Å². The molecule has 0 spiro atoms. The molecule has 0 aliphatic carbocycles. The molecule has 0 saturated carbocycles. The topological polar surface area (TPSA) is 83.9 Å². The maximum Gasteiger partial charge on any atom is 0.311 e. The predicted molar refractivity (Wildman–Crippen MR) is 121 cm³/mol. The summed E-state index contributed by atoms with van der Waals surface area (Å²) in [5.41, 5.74) is -0.506. The average Bonchev–Trinajstić information content (AvgIpc) is 3.01. The summed E-state index contributed by atoms with van der Waals surface area (Å²) in [6.07, 6.45) is 9.37. The summed E-state index contributed by atoms with van der Waals surface area (Å²) in [5.74, 6) is -0.199. The van der Waals surface area contributed by atoms with Crippen molar-refractivity contribution in [2.45, 2.75) is 110 Å². The number of rotatable bonds is 15. The number of unbranched alkanes of at least 4 members (excludes halogenated alkanes) is 5. The van der Waals surface area contributed by atoms with Crippen LogP contribution in [0.5, 0.6) is 0 Å². The molecule has 0 radical (unpaired) electrons. The zero-order chi connectivity index (χ0) is 22.6. The lowest BCUT2D eigenvalue weighted by Gasteiger charge is -2.27. The Hall–Kier alpha value is -1.24. The van der Waals surface area contributed by atoms with Gasteiger partial charge in [-0.25, -0.2) is 0 Å². The van der Waals surface area contributed by atoms with Crippen LogP contribution in [0.4, 0.5) is 0 Å². The third-order valence-corrected chi connectivity index (χ3v) is 6.65. The van der Waals surface area contributed by atoms with Gasteiger partial charge in [0.25, 0.3) is 0 Å². The largest absolute Gasteiger partial charge is 0.481 e. The van der Waals surface area contributed by atoms with E-state index in [2.05, 4.69) is 6.92 Å². The highest BCUT2D eigenvalue weighted by Gasteiger charge is 2.32. The van der Waals surface area contributed by atoms with Gasteiger partial charge in [0.05, 0.1) is 16.5 Å². The fourth-order valence-corrected chi connectivity index (χ4v) is 4.67. The minimum absolute atomic E-state index is 0.0857. The van der Waals surface area contributed by atoms with Crippen LogP contribution in [0.3, 0.4) is 0 Å². The molecule has 1 heterocycles. The van der Waals surface area contributed by atoms with Crippen LogP contribution in [0.2, 0.25) is 0 Å². The molecule has 1 rings (SSSR count). The quantitative estimate of drug-likeness (QED) is 0.275. The van der Waals surface area contributed by atoms with Crippen molar-refractivity contribution in [3.8, 4) is 0 Å². The number of aliphatic carboxylic acids is 1. The Labute approximate surface area is 186 Å². The SMILES string of the molecule is CCCCCC(CCC1SCC(=O)N1CCCCCCC(=O)O)OC(=O)C(C)(C)C. The molecule has 1 amide bonds. The molecule has 6 nitrogen and oxygen atoms in total. The van der Waals surface area contributed by atoms with E-state index in [-0.39, 0.29) is 29.8 Å². The lowest BCUT2D eigenvalue weighted by Crippen LogP contribution is -2.35. The molecular formula is C23H41NO5S. The van der Waals surface area contributed by atoms with Crippen molar-refractivity contribution in [1.29, 1.82) is 0 Å². The van der Waals surface area contributed by atoms with E-state index >= 15 is 0 Å². The Balaban J connectivity index is 2.49. The van der Waals surface area contributed by atoms with Crippen molar-refractivity contribution in [1.82, 2.24) is 4.90 Å². The first-order chi connectivity index (χ1) is 14.1. The standard InChI is InChI=1S/C23H41NO5S/c1-5-6-9-12-18(29-22(28)23(2,3)4)14-15-20-24(19(25)17-30-20)16-11-8-7-10-13-21(26)27/h18,20H,5-17H2,1-4H3,(H,26,27). The molecule has 30 heavy (non-hydrogen) atoms. The predicted octanol–water partition coefficient (Wildman–Crippen LogP) is 5.24. The zero-order valence-electron chi connectivity index (χ0n) is 19.3. The number of carbonyl (C=O) groups is 3. The Kier molecular flexibility index (Phi) is 12.5. The van der Waals surface area contributed by atoms with E-state index in [1.807, 2.05) is 25.7 Å². The zero-order valence-corrected chi connectivity index (χ0v) is 20.1. The molecule has 1 saturated heterocycles. The highest BCUT2D eigenvalue weighted by Crippen LogP contribution is 2.31. The van der Waals surface area contributed by atoms with E-state index in [1.54, 1.807) is 11.8 Å². The molecule has 1 N–H and O–H groups in total. The van der Waals surface area contributed by atoms with Gasteiger partial charge in [-0.1, -0.05) is 32.6 Å².